The molecule has 0 fully saturated rings. The van der Waals surface area contributed by atoms with E-state index in [1.54, 1.807) is 0 Å². The topological polar surface area (TPSA) is 24.1 Å². The van der Waals surface area contributed by atoms with Gasteiger partial charge in [-0.1, -0.05) is 115 Å². The van der Waals surface area contributed by atoms with Crippen molar-refractivity contribution in [3.05, 3.63) is 149 Å². The van der Waals surface area contributed by atoms with E-state index in [4.69, 9.17) is 0 Å². The molecular weight excluding hydrogens is 436 g/mol. The molecule has 2 atom stereocenters. The van der Waals surface area contributed by atoms with Gasteiger partial charge in [0.1, 0.15) is 6.17 Å². The molecule has 1 heterocycles. The van der Waals surface area contributed by atoms with Crippen LogP contribution in [0.2, 0.25) is 0 Å². The first-order valence-corrected chi connectivity index (χ1v) is 12.6. The van der Waals surface area contributed by atoms with Crippen LogP contribution in [-0.2, 0) is 0 Å². The average Bonchev–Trinajstić information content (AvgIpc) is 2.94. The number of fused-ring (bicyclic) bond motifs is 1. The van der Waals surface area contributed by atoms with Crippen molar-refractivity contribution in [2.45, 2.75) is 26.1 Å². The predicted octanol–water partition coefficient (Wildman–Crippen LogP) is 8.10. The summed E-state index contributed by atoms with van der Waals surface area (Å²) < 4.78 is 0. The summed E-state index contributed by atoms with van der Waals surface area (Å²) in [5.74, 6) is 0. The van der Waals surface area contributed by atoms with Crippen LogP contribution >= 0.6 is 0 Å². The second kappa shape index (κ2) is 9.49. The Hall–Kier alpha value is -4.14. The molecule has 2 N–H and O–H groups in total. The van der Waals surface area contributed by atoms with E-state index in [1.165, 1.54) is 49.7 Å². The molecule has 0 spiro atoms. The third-order valence-corrected chi connectivity index (χ3v) is 7.27. The summed E-state index contributed by atoms with van der Waals surface area (Å²) in [6.45, 7) is 4.37. The van der Waals surface area contributed by atoms with E-state index < -0.39 is 0 Å². The molecule has 0 saturated heterocycles. The highest BCUT2D eigenvalue weighted by Gasteiger charge is 2.24. The largest absolute Gasteiger partial charge is 0.366 e. The Bertz CT molecular complexity index is 1530. The summed E-state index contributed by atoms with van der Waals surface area (Å²) in [4.78, 5) is 0. The second-order valence-corrected chi connectivity index (χ2v) is 9.66. The van der Waals surface area contributed by atoms with Gasteiger partial charge in [-0.25, -0.2) is 0 Å². The van der Waals surface area contributed by atoms with Crippen LogP contribution in [-0.4, -0.2) is 0 Å². The zero-order chi connectivity index (χ0) is 24.5. The molecule has 0 aliphatic carbocycles. The third kappa shape index (κ3) is 4.32. The van der Waals surface area contributed by atoms with E-state index in [9.17, 15) is 0 Å². The van der Waals surface area contributed by atoms with E-state index in [0.717, 1.165) is 5.70 Å². The van der Waals surface area contributed by atoms with Crippen LogP contribution < -0.4 is 10.6 Å². The Kier molecular flexibility index (Phi) is 5.88. The van der Waals surface area contributed by atoms with E-state index >= 15 is 0 Å². The normalized spacial score (nSPS) is 17.4. The van der Waals surface area contributed by atoms with Gasteiger partial charge in [0.2, 0.25) is 0 Å². The minimum absolute atomic E-state index is 0.0281. The Morgan fingerprint density at radius 3 is 2.03 bits per heavy atom. The van der Waals surface area contributed by atoms with Crippen molar-refractivity contribution >= 4 is 16.5 Å². The predicted molar refractivity (Wildman–Crippen MR) is 151 cm³/mol. The number of rotatable bonds is 4. The summed E-state index contributed by atoms with van der Waals surface area (Å²) in [7, 11) is 0. The van der Waals surface area contributed by atoms with Crippen LogP contribution in [0, 0.1) is 13.8 Å². The van der Waals surface area contributed by atoms with E-state index in [-0.39, 0.29) is 12.2 Å². The molecule has 6 rings (SSSR count). The first-order valence-electron chi connectivity index (χ1n) is 12.6. The highest BCUT2D eigenvalue weighted by Crippen LogP contribution is 2.33. The summed E-state index contributed by atoms with van der Waals surface area (Å²) in [5.41, 5.74) is 10.0. The molecule has 2 heteroatoms. The number of hydrogen-bond donors (Lipinski definition) is 2. The molecule has 0 amide bonds. The van der Waals surface area contributed by atoms with Gasteiger partial charge in [0.15, 0.2) is 0 Å². The SMILES string of the molecule is Cc1cc2cccc(-c3ccc(C4C=C(c5ccccc5)NC(c5ccccc5)N4)cc3)c2cc1C. The lowest BCUT2D eigenvalue weighted by atomic mass is 9.93. The summed E-state index contributed by atoms with van der Waals surface area (Å²) in [5, 5.41) is 10.1. The van der Waals surface area contributed by atoms with Gasteiger partial charge in [0, 0.05) is 5.70 Å². The molecule has 2 unspecified atom stereocenters. The zero-order valence-corrected chi connectivity index (χ0v) is 20.7. The van der Waals surface area contributed by atoms with E-state index in [2.05, 4.69) is 146 Å². The molecule has 0 bridgehead atoms. The zero-order valence-electron chi connectivity index (χ0n) is 20.7. The quantitative estimate of drug-likeness (QED) is 0.280. The summed E-state index contributed by atoms with van der Waals surface area (Å²) in [6.07, 6.45) is 2.33. The van der Waals surface area contributed by atoms with Gasteiger partial charge in [0.25, 0.3) is 0 Å². The standard InChI is InChI=1S/C34H30N2/c1-23-20-29-14-9-15-30(31(29)21-24(23)2)25-16-18-27(19-17-25)33-22-32(26-10-5-3-6-11-26)35-34(36-33)28-12-7-4-8-13-28/h3-22,33-36H,1-2H3. The fourth-order valence-electron chi connectivity index (χ4n) is 5.12. The van der Waals surface area contributed by atoms with E-state index in [0.29, 0.717) is 0 Å². The van der Waals surface area contributed by atoms with Crippen LogP contribution in [0.15, 0.2) is 121 Å². The first kappa shape index (κ1) is 22.3. The van der Waals surface area contributed by atoms with Gasteiger partial charge in [-0.3, -0.25) is 5.32 Å². The minimum Gasteiger partial charge on any atom is -0.366 e. The van der Waals surface area contributed by atoms with Crippen molar-refractivity contribution in [1.29, 1.82) is 0 Å². The lowest BCUT2D eigenvalue weighted by Crippen LogP contribution is -2.39. The fraction of sp³-hybridized carbons (Fsp3) is 0.118. The molecule has 36 heavy (non-hydrogen) atoms. The van der Waals surface area contributed by atoms with Gasteiger partial charge in [-0.2, -0.15) is 0 Å². The molecule has 0 radical (unpaired) electrons. The average molecular weight is 467 g/mol. The Morgan fingerprint density at radius 1 is 0.583 bits per heavy atom. The smallest absolute Gasteiger partial charge is 0.104 e. The van der Waals surface area contributed by atoms with Crippen LogP contribution in [0.5, 0.6) is 0 Å². The van der Waals surface area contributed by atoms with Crippen LogP contribution in [0.4, 0.5) is 0 Å². The maximum absolute atomic E-state index is 3.80. The maximum Gasteiger partial charge on any atom is 0.104 e. The number of aryl methyl sites for hydroxylation is 2. The Labute approximate surface area is 213 Å². The second-order valence-electron chi connectivity index (χ2n) is 9.66. The molecule has 1 aliphatic rings. The fourth-order valence-corrected chi connectivity index (χ4v) is 5.12. The van der Waals surface area contributed by atoms with Crippen molar-refractivity contribution in [2.75, 3.05) is 0 Å². The van der Waals surface area contributed by atoms with Crippen molar-refractivity contribution in [1.82, 2.24) is 10.6 Å². The number of hydrogen-bond acceptors (Lipinski definition) is 2. The maximum atomic E-state index is 3.80. The van der Waals surface area contributed by atoms with Crippen molar-refractivity contribution < 1.29 is 0 Å². The molecule has 2 nitrogen and oxygen atoms in total. The van der Waals surface area contributed by atoms with Crippen molar-refractivity contribution in [2.24, 2.45) is 0 Å². The Morgan fingerprint density at radius 2 is 1.28 bits per heavy atom. The number of benzene rings is 5. The third-order valence-electron chi connectivity index (χ3n) is 7.27. The molecule has 1 aliphatic heterocycles. The molecular formula is C34H30N2. The van der Waals surface area contributed by atoms with Crippen LogP contribution in [0.3, 0.4) is 0 Å². The minimum atomic E-state index is 0.0281. The van der Waals surface area contributed by atoms with Crippen molar-refractivity contribution in [3.63, 3.8) is 0 Å². The Balaban J connectivity index is 1.37. The van der Waals surface area contributed by atoms with Crippen LogP contribution in [0.25, 0.3) is 27.6 Å². The summed E-state index contributed by atoms with van der Waals surface area (Å²) >= 11 is 0. The lowest BCUT2D eigenvalue weighted by Gasteiger charge is -2.33. The van der Waals surface area contributed by atoms with Gasteiger partial charge < -0.3 is 5.32 Å². The van der Waals surface area contributed by atoms with Gasteiger partial charge in [-0.05, 0) is 69.6 Å². The van der Waals surface area contributed by atoms with Crippen molar-refractivity contribution in [3.8, 4) is 11.1 Å². The first-order chi connectivity index (χ1) is 17.7. The monoisotopic (exact) mass is 466 g/mol. The molecule has 176 valence electrons. The van der Waals surface area contributed by atoms with Gasteiger partial charge in [-0.15, -0.1) is 0 Å². The van der Waals surface area contributed by atoms with Gasteiger partial charge >= 0.3 is 0 Å². The highest BCUT2D eigenvalue weighted by atomic mass is 15.2. The lowest BCUT2D eigenvalue weighted by molar-refractivity contribution is 0.442. The molecule has 0 saturated carbocycles. The highest BCUT2D eigenvalue weighted by molar-refractivity contribution is 5.97. The van der Waals surface area contributed by atoms with E-state index in [1.807, 2.05) is 0 Å². The summed E-state index contributed by atoms with van der Waals surface area (Å²) in [6, 6.07) is 41.5. The molecule has 0 aromatic heterocycles. The number of nitrogens with one attached hydrogen (secondary N) is 2. The molecule has 5 aromatic carbocycles. The van der Waals surface area contributed by atoms with Crippen LogP contribution in [0.1, 0.15) is 40.0 Å². The molecule has 5 aromatic rings. The van der Waals surface area contributed by atoms with Gasteiger partial charge in [0.05, 0.1) is 6.04 Å².